The summed E-state index contributed by atoms with van der Waals surface area (Å²) < 4.78 is 13.3. The van der Waals surface area contributed by atoms with E-state index in [1.807, 2.05) is 50.4 Å². The highest BCUT2D eigenvalue weighted by atomic mass is 35.5. The number of carboxylic acid groups (broad SMARTS) is 1. The molecule has 0 spiro atoms. The summed E-state index contributed by atoms with van der Waals surface area (Å²) in [5.74, 6) is 0.737. The number of ether oxygens (including phenoxy) is 1. The van der Waals surface area contributed by atoms with E-state index < -0.39 is 5.97 Å². The average Bonchev–Trinajstić information content (AvgIpc) is 3.39. The van der Waals surface area contributed by atoms with Crippen molar-refractivity contribution >= 4 is 28.5 Å². The molecule has 0 aliphatic rings. The minimum atomic E-state index is -0.756. The van der Waals surface area contributed by atoms with Gasteiger partial charge in [0.2, 0.25) is 5.82 Å². The van der Waals surface area contributed by atoms with Gasteiger partial charge in [-0.15, -0.1) is 0 Å². The molecule has 0 bridgehead atoms. The Morgan fingerprint density at radius 3 is 2.72 bits per heavy atom. The van der Waals surface area contributed by atoms with E-state index in [0.717, 1.165) is 35.0 Å². The standard InChI is InChI=1S/C24H24ClN3O4/c1-15(2)31-21-9-7-18(14-19(21)25)24-26-23(27-32-24)17-6-8-20-16(13-17)10-12-28(20)11-4-3-5-22(29)30/h6-10,12-15H,3-5,11H2,1-2H3,(H,29,30). The van der Waals surface area contributed by atoms with E-state index in [0.29, 0.717) is 28.9 Å². The predicted molar refractivity (Wildman–Crippen MR) is 123 cm³/mol. The summed E-state index contributed by atoms with van der Waals surface area (Å²) in [7, 11) is 0. The maximum atomic E-state index is 10.7. The molecule has 8 heteroatoms. The molecule has 166 valence electrons. The van der Waals surface area contributed by atoms with Crippen LogP contribution in [-0.4, -0.2) is 31.9 Å². The molecule has 2 aromatic heterocycles. The van der Waals surface area contributed by atoms with Crippen molar-refractivity contribution in [2.24, 2.45) is 0 Å². The number of carboxylic acids is 1. The second-order valence-electron chi connectivity index (χ2n) is 7.87. The largest absolute Gasteiger partial charge is 0.489 e. The third-order valence-corrected chi connectivity index (χ3v) is 5.33. The molecule has 4 rings (SSSR count). The first kappa shape index (κ1) is 21.9. The van der Waals surface area contributed by atoms with Crippen LogP contribution in [0.3, 0.4) is 0 Å². The number of aryl methyl sites for hydroxylation is 1. The van der Waals surface area contributed by atoms with Crippen LogP contribution in [0, 0.1) is 0 Å². The number of unbranched alkanes of at least 4 members (excludes halogenated alkanes) is 1. The molecule has 0 aliphatic heterocycles. The van der Waals surface area contributed by atoms with E-state index >= 15 is 0 Å². The molecule has 4 aromatic rings. The Labute approximate surface area is 190 Å². The zero-order chi connectivity index (χ0) is 22.7. The minimum absolute atomic E-state index is 0.0304. The quantitative estimate of drug-likeness (QED) is 0.310. The van der Waals surface area contributed by atoms with Gasteiger partial charge in [0.15, 0.2) is 0 Å². The van der Waals surface area contributed by atoms with Crippen molar-refractivity contribution in [2.45, 2.75) is 45.8 Å². The number of nitrogens with zero attached hydrogens (tertiary/aromatic N) is 3. The van der Waals surface area contributed by atoms with Crippen molar-refractivity contribution in [1.82, 2.24) is 14.7 Å². The number of benzene rings is 2. The molecule has 0 unspecified atom stereocenters. The van der Waals surface area contributed by atoms with E-state index in [9.17, 15) is 4.79 Å². The van der Waals surface area contributed by atoms with E-state index in [-0.39, 0.29) is 12.5 Å². The fraction of sp³-hybridized carbons (Fsp3) is 0.292. The lowest BCUT2D eigenvalue weighted by atomic mass is 10.1. The van der Waals surface area contributed by atoms with Gasteiger partial charge in [0.05, 0.1) is 11.1 Å². The van der Waals surface area contributed by atoms with Gasteiger partial charge in [0.1, 0.15) is 5.75 Å². The highest BCUT2D eigenvalue weighted by molar-refractivity contribution is 6.32. The fourth-order valence-electron chi connectivity index (χ4n) is 3.53. The molecule has 1 N–H and O–H groups in total. The van der Waals surface area contributed by atoms with Crippen LogP contribution in [0.25, 0.3) is 33.7 Å². The lowest BCUT2D eigenvalue weighted by Gasteiger charge is -2.11. The zero-order valence-corrected chi connectivity index (χ0v) is 18.7. The van der Waals surface area contributed by atoms with Crippen molar-refractivity contribution < 1.29 is 19.2 Å². The maximum absolute atomic E-state index is 10.7. The fourth-order valence-corrected chi connectivity index (χ4v) is 3.76. The summed E-state index contributed by atoms with van der Waals surface area (Å²) in [4.78, 5) is 15.2. The molecule has 32 heavy (non-hydrogen) atoms. The second kappa shape index (κ2) is 9.44. The lowest BCUT2D eigenvalue weighted by molar-refractivity contribution is -0.137. The molecule has 0 radical (unpaired) electrons. The van der Waals surface area contributed by atoms with Gasteiger partial charge in [-0.1, -0.05) is 16.8 Å². The zero-order valence-electron chi connectivity index (χ0n) is 17.9. The number of hydrogen-bond donors (Lipinski definition) is 1. The maximum Gasteiger partial charge on any atom is 0.303 e. The summed E-state index contributed by atoms with van der Waals surface area (Å²) in [5.41, 5.74) is 2.65. The van der Waals surface area contributed by atoms with Crippen LogP contribution in [0.2, 0.25) is 5.02 Å². The van der Waals surface area contributed by atoms with Gasteiger partial charge in [-0.2, -0.15) is 4.98 Å². The van der Waals surface area contributed by atoms with Gasteiger partial charge in [-0.25, -0.2) is 0 Å². The topological polar surface area (TPSA) is 90.4 Å². The molecule has 0 amide bonds. The van der Waals surface area contributed by atoms with E-state index in [1.165, 1.54) is 0 Å². The molecule has 0 fully saturated rings. The number of fused-ring (bicyclic) bond motifs is 1. The van der Waals surface area contributed by atoms with Crippen LogP contribution in [0.1, 0.15) is 33.1 Å². The van der Waals surface area contributed by atoms with Gasteiger partial charge in [-0.3, -0.25) is 4.79 Å². The molecule has 0 atom stereocenters. The van der Waals surface area contributed by atoms with Crippen molar-refractivity contribution in [2.75, 3.05) is 0 Å². The monoisotopic (exact) mass is 453 g/mol. The Hall–Kier alpha value is -3.32. The molecular formula is C24H24ClN3O4. The van der Waals surface area contributed by atoms with E-state index in [1.54, 1.807) is 12.1 Å². The van der Waals surface area contributed by atoms with Gasteiger partial charge < -0.3 is 18.9 Å². The van der Waals surface area contributed by atoms with Crippen LogP contribution >= 0.6 is 11.6 Å². The van der Waals surface area contributed by atoms with E-state index in [2.05, 4.69) is 14.7 Å². The first-order chi connectivity index (χ1) is 15.4. The Bertz CT molecular complexity index is 1250. The summed E-state index contributed by atoms with van der Waals surface area (Å²) in [6.45, 7) is 4.66. The predicted octanol–water partition coefficient (Wildman–Crippen LogP) is 6.05. The molecule has 0 saturated heterocycles. The van der Waals surface area contributed by atoms with Crippen molar-refractivity contribution in [3.8, 4) is 28.6 Å². The Kier molecular flexibility index (Phi) is 6.46. The smallest absolute Gasteiger partial charge is 0.303 e. The molecular weight excluding hydrogens is 430 g/mol. The van der Waals surface area contributed by atoms with Crippen molar-refractivity contribution in [3.05, 3.63) is 53.7 Å². The number of hydrogen-bond acceptors (Lipinski definition) is 5. The van der Waals surface area contributed by atoms with Gasteiger partial charge in [-0.05, 0) is 69.2 Å². The normalized spacial score (nSPS) is 11.4. The number of carbonyl (C=O) groups is 1. The van der Waals surface area contributed by atoms with Gasteiger partial charge >= 0.3 is 5.97 Å². The third-order valence-electron chi connectivity index (χ3n) is 5.04. The number of rotatable bonds is 9. The molecule has 2 heterocycles. The van der Waals surface area contributed by atoms with Gasteiger partial charge in [0.25, 0.3) is 5.89 Å². The van der Waals surface area contributed by atoms with Crippen molar-refractivity contribution in [1.29, 1.82) is 0 Å². The highest BCUT2D eigenvalue weighted by Crippen LogP contribution is 2.32. The minimum Gasteiger partial charge on any atom is -0.489 e. The van der Waals surface area contributed by atoms with Crippen LogP contribution in [0.5, 0.6) is 5.75 Å². The molecule has 0 aliphatic carbocycles. The molecule has 7 nitrogen and oxygen atoms in total. The van der Waals surface area contributed by atoms with Crippen LogP contribution in [0.15, 0.2) is 53.2 Å². The van der Waals surface area contributed by atoms with Crippen molar-refractivity contribution in [3.63, 3.8) is 0 Å². The Balaban J connectivity index is 1.51. The molecule has 0 saturated carbocycles. The number of halogens is 1. The SMILES string of the molecule is CC(C)Oc1ccc(-c2nc(-c3ccc4c(ccn4CCCCC(=O)O)c3)no2)cc1Cl. The first-order valence-corrected chi connectivity index (χ1v) is 10.9. The van der Waals surface area contributed by atoms with Crippen LogP contribution in [0.4, 0.5) is 0 Å². The van der Waals surface area contributed by atoms with Gasteiger partial charge in [0, 0.05) is 41.2 Å². The third kappa shape index (κ3) is 4.94. The average molecular weight is 454 g/mol. The highest BCUT2D eigenvalue weighted by Gasteiger charge is 2.14. The van der Waals surface area contributed by atoms with Crippen LogP contribution < -0.4 is 4.74 Å². The van der Waals surface area contributed by atoms with Crippen LogP contribution in [-0.2, 0) is 11.3 Å². The Morgan fingerprint density at radius 2 is 1.97 bits per heavy atom. The number of aliphatic carboxylic acids is 1. The second-order valence-corrected chi connectivity index (χ2v) is 8.28. The summed E-state index contributed by atoms with van der Waals surface area (Å²) >= 11 is 6.33. The van der Waals surface area contributed by atoms with E-state index in [4.69, 9.17) is 26.0 Å². The first-order valence-electron chi connectivity index (χ1n) is 10.5. The summed E-state index contributed by atoms with van der Waals surface area (Å²) in [6, 6.07) is 13.4. The lowest BCUT2D eigenvalue weighted by Crippen LogP contribution is -2.05. The number of aromatic nitrogens is 3. The summed E-state index contributed by atoms with van der Waals surface area (Å²) in [6.07, 6.45) is 3.72. The Morgan fingerprint density at radius 1 is 1.16 bits per heavy atom. The molecule has 2 aromatic carbocycles. The summed E-state index contributed by atoms with van der Waals surface area (Å²) in [5, 5.41) is 14.5.